The summed E-state index contributed by atoms with van der Waals surface area (Å²) in [5, 5.41) is 11.9. The Morgan fingerprint density at radius 2 is 2.14 bits per heavy atom. The van der Waals surface area contributed by atoms with Crippen molar-refractivity contribution in [3.8, 4) is 0 Å². The molecule has 1 aliphatic heterocycles. The Labute approximate surface area is 126 Å². The molecule has 5 heteroatoms. The predicted octanol–water partition coefficient (Wildman–Crippen LogP) is 1.18. The summed E-state index contributed by atoms with van der Waals surface area (Å²) in [6.45, 7) is 3.02. The third kappa shape index (κ3) is 5.12. The number of hydrogen-bond donors (Lipinski definition) is 3. The average molecular weight is 291 g/mol. The van der Waals surface area contributed by atoms with Crippen LogP contribution in [0.25, 0.3) is 0 Å². The number of rotatable bonds is 6. The van der Waals surface area contributed by atoms with E-state index in [2.05, 4.69) is 10.2 Å². The van der Waals surface area contributed by atoms with Crippen molar-refractivity contribution in [1.29, 1.82) is 0 Å². The van der Waals surface area contributed by atoms with E-state index in [4.69, 9.17) is 10.8 Å². The quantitative estimate of drug-likeness (QED) is 0.735. The van der Waals surface area contributed by atoms with E-state index >= 15 is 0 Å². The number of amides is 1. The lowest BCUT2D eigenvalue weighted by Crippen LogP contribution is -2.40. The molecule has 1 aromatic carbocycles. The first-order valence-corrected chi connectivity index (χ1v) is 7.63. The van der Waals surface area contributed by atoms with Gasteiger partial charge in [0, 0.05) is 25.4 Å². The molecule has 0 saturated carbocycles. The van der Waals surface area contributed by atoms with Gasteiger partial charge in [-0.2, -0.15) is 0 Å². The Hall–Kier alpha value is -1.43. The molecule has 116 valence electrons. The van der Waals surface area contributed by atoms with Gasteiger partial charge in [-0.1, -0.05) is 12.1 Å². The number of carbonyl (C=O) groups excluding carboxylic acids is 1. The summed E-state index contributed by atoms with van der Waals surface area (Å²) in [4.78, 5) is 14.2. The molecule has 1 atom stereocenters. The first-order valence-electron chi connectivity index (χ1n) is 7.63. The first kappa shape index (κ1) is 15.9. The van der Waals surface area contributed by atoms with E-state index in [0.717, 1.165) is 43.6 Å². The lowest BCUT2D eigenvalue weighted by atomic mass is 9.95. The Bertz CT molecular complexity index is 445. The van der Waals surface area contributed by atoms with Crippen LogP contribution < -0.4 is 11.1 Å². The average Bonchev–Trinajstić information content (AvgIpc) is 2.48. The van der Waals surface area contributed by atoms with Crippen LogP contribution in [0.4, 0.5) is 5.69 Å². The maximum atomic E-state index is 12.1. The highest BCUT2D eigenvalue weighted by Crippen LogP contribution is 2.19. The van der Waals surface area contributed by atoms with Gasteiger partial charge in [0.25, 0.3) is 0 Å². The molecule has 1 unspecified atom stereocenters. The van der Waals surface area contributed by atoms with E-state index in [-0.39, 0.29) is 12.5 Å². The zero-order valence-corrected chi connectivity index (χ0v) is 12.4. The molecule has 21 heavy (non-hydrogen) atoms. The monoisotopic (exact) mass is 291 g/mol. The lowest BCUT2D eigenvalue weighted by Gasteiger charge is -2.31. The van der Waals surface area contributed by atoms with E-state index in [9.17, 15) is 4.79 Å². The van der Waals surface area contributed by atoms with Gasteiger partial charge in [0.15, 0.2) is 0 Å². The third-order valence-corrected chi connectivity index (χ3v) is 3.98. The number of carbonyl (C=O) groups is 1. The molecule has 1 amide bonds. The molecule has 0 spiro atoms. The van der Waals surface area contributed by atoms with E-state index in [1.165, 1.54) is 0 Å². The molecule has 0 aromatic heterocycles. The highest BCUT2D eigenvalue weighted by Gasteiger charge is 2.21. The van der Waals surface area contributed by atoms with Crippen molar-refractivity contribution < 1.29 is 9.90 Å². The second kappa shape index (κ2) is 8.12. The van der Waals surface area contributed by atoms with Gasteiger partial charge in [-0.3, -0.25) is 9.69 Å². The van der Waals surface area contributed by atoms with Crippen molar-refractivity contribution in [1.82, 2.24) is 4.90 Å². The summed E-state index contributed by atoms with van der Waals surface area (Å²) in [5.41, 5.74) is 7.41. The number of piperidine rings is 1. The number of aliphatic hydroxyl groups excluding tert-OH is 1. The van der Waals surface area contributed by atoms with Gasteiger partial charge in [0.05, 0.1) is 6.54 Å². The molecule has 2 rings (SSSR count). The molecule has 0 radical (unpaired) electrons. The number of likely N-dealkylation sites (tertiary alicyclic amines) is 1. The van der Waals surface area contributed by atoms with Crippen LogP contribution >= 0.6 is 0 Å². The normalized spacial score (nSPS) is 19.4. The topological polar surface area (TPSA) is 78.6 Å². The van der Waals surface area contributed by atoms with E-state index < -0.39 is 0 Å². The number of benzene rings is 1. The summed E-state index contributed by atoms with van der Waals surface area (Å²) >= 11 is 0. The summed E-state index contributed by atoms with van der Waals surface area (Å²) in [7, 11) is 0. The van der Waals surface area contributed by atoms with Crippen molar-refractivity contribution in [3.63, 3.8) is 0 Å². The number of anilines is 1. The van der Waals surface area contributed by atoms with Gasteiger partial charge >= 0.3 is 0 Å². The molecular weight excluding hydrogens is 266 g/mol. The summed E-state index contributed by atoms with van der Waals surface area (Å²) < 4.78 is 0. The number of aliphatic hydroxyl groups is 1. The molecule has 5 nitrogen and oxygen atoms in total. The van der Waals surface area contributed by atoms with Crippen molar-refractivity contribution in [2.75, 3.05) is 31.6 Å². The van der Waals surface area contributed by atoms with Crippen LogP contribution in [-0.2, 0) is 11.3 Å². The Morgan fingerprint density at radius 1 is 1.38 bits per heavy atom. The Balaban J connectivity index is 1.80. The van der Waals surface area contributed by atoms with Gasteiger partial charge in [-0.15, -0.1) is 0 Å². The number of nitrogens with zero attached hydrogens (tertiary/aromatic N) is 1. The van der Waals surface area contributed by atoms with Gasteiger partial charge in [0.2, 0.25) is 5.91 Å². The minimum atomic E-state index is 0.0140. The van der Waals surface area contributed by atoms with E-state index in [0.29, 0.717) is 19.0 Å². The van der Waals surface area contributed by atoms with Gasteiger partial charge in [0.1, 0.15) is 0 Å². The van der Waals surface area contributed by atoms with Crippen LogP contribution in [0.5, 0.6) is 0 Å². The molecule has 1 fully saturated rings. The minimum absolute atomic E-state index is 0.0140. The maximum Gasteiger partial charge on any atom is 0.238 e. The SMILES string of the molecule is NCc1ccc(NC(=O)CN2CCCC(CCO)C2)cc1. The van der Waals surface area contributed by atoms with Gasteiger partial charge < -0.3 is 16.2 Å². The van der Waals surface area contributed by atoms with Crippen LogP contribution in [0.2, 0.25) is 0 Å². The summed E-state index contributed by atoms with van der Waals surface area (Å²) in [5.74, 6) is 0.528. The Morgan fingerprint density at radius 3 is 2.81 bits per heavy atom. The fourth-order valence-electron chi connectivity index (χ4n) is 2.84. The summed E-state index contributed by atoms with van der Waals surface area (Å²) in [6, 6.07) is 7.61. The first-order chi connectivity index (χ1) is 10.2. The molecule has 0 bridgehead atoms. The van der Waals surface area contributed by atoms with Crippen LogP contribution in [0.15, 0.2) is 24.3 Å². The van der Waals surface area contributed by atoms with Gasteiger partial charge in [-0.25, -0.2) is 0 Å². The standard InChI is InChI=1S/C16H25N3O2/c17-10-13-3-5-15(6-4-13)18-16(21)12-19-8-1-2-14(11-19)7-9-20/h3-6,14,20H,1-2,7-12,17H2,(H,18,21). The van der Waals surface area contributed by atoms with Crippen LogP contribution in [0, 0.1) is 5.92 Å². The van der Waals surface area contributed by atoms with Crippen molar-refractivity contribution >= 4 is 11.6 Å². The molecule has 1 saturated heterocycles. The maximum absolute atomic E-state index is 12.1. The van der Waals surface area contributed by atoms with Gasteiger partial charge in [-0.05, 0) is 49.4 Å². The van der Waals surface area contributed by atoms with Crippen LogP contribution in [0.3, 0.4) is 0 Å². The molecule has 0 aliphatic carbocycles. The molecule has 1 aliphatic rings. The minimum Gasteiger partial charge on any atom is -0.396 e. The highest BCUT2D eigenvalue weighted by atomic mass is 16.3. The predicted molar refractivity (Wildman–Crippen MR) is 83.8 cm³/mol. The molecule has 1 heterocycles. The zero-order valence-electron chi connectivity index (χ0n) is 12.4. The van der Waals surface area contributed by atoms with Crippen molar-refractivity contribution in [2.24, 2.45) is 11.7 Å². The second-order valence-corrected chi connectivity index (χ2v) is 5.70. The number of nitrogens with two attached hydrogens (primary N) is 1. The fraction of sp³-hybridized carbons (Fsp3) is 0.562. The summed E-state index contributed by atoms with van der Waals surface area (Å²) in [6.07, 6.45) is 3.08. The fourth-order valence-corrected chi connectivity index (χ4v) is 2.84. The third-order valence-electron chi connectivity index (χ3n) is 3.98. The zero-order chi connectivity index (χ0) is 15.1. The van der Waals surface area contributed by atoms with Crippen LogP contribution in [0.1, 0.15) is 24.8 Å². The second-order valence-electron chi connectivity index (χ2n) is 5.70. The van der Waals surface area contributed by atoms with Crippen molar-refractivity contribution in [3.05, 3.63) is 29.8 Å². The number of hydrogen-bond acceptors (Lipinski definition) is 4. The van der Waals surface area contributed by atoms with E-state index in [1.54, 1.807) is 0 Å². The molecular formula is C16H25N3O2. The van der Waals surface area contributed by atoms with Crippen LogP contribution in [-0.4, -0.2) is 42.2 Å². The highest BCUT2D eigenvalue weighted by molar-refractivity contribution is 5.92. The van der Waals surface area contributed by atoms with Crippen molar-refractivity contribution in [2.45, 2.75) is 25.8 Å². The lowest BCUT2D eigenvalue weighted by molar-refractivity contribution is -0.117. The smallest absolute Gasteiger partial charge is 0.238 e. The number of nitrogens with one attached hydrogen (secondary N) is 1. The van der Waals surface area contributed by atoms with E-state index in [1.807, 2.05) is 24.3 Å². The molecule has 1 aromatic rings. The molecule has 4 N–H and O–H groups in total. The largest absolute Gasteiger partial charge is 0.396 e. The Kier molecular flexibility index (Phi) is 6.17.